The van der Waals surface area contributed by atoms with Gasteiger partial charge in [-0.25, -0.2) is 0 Å². The maximum Gasteiger partial charge on any atom is 0.236 e. The Hall–Kier alpha value is -1.56. The molecule has 3 N–H and O–H groups in total. The number of nitrogens with one attached hydrogen (secondary N) is 1. The minimum absolute atomic E-state index is 0.228. The molecule has 0 aliphatic heterocycles. The van der Waals surface area contributed by atoms with Crippen LogP contribution in [0.15, 0.2) is 0 Å². The van der Waals surface area contributed by atoms with E-state index in [4.69, 9.17) is 5.73 Å². The standard InChI is InChI=1S/C13H23N5O/c1-4-18(8-12(14)19)13-11(7-15-10-5-6-10)9(2)16-17(13)3/h10,15H,4-8H2,1-3H3,(H2,14,19). The molecule has 1 fully saturated rings. The van der Waals surface area contributed by atoms with Gasteiger partial charge in [-0.2, -0.15) is 5.10 Å². The van der Waals surface area contributed by atoms with E-state index >= 15 is 0 Å². The molecule has 2 rings (SSSR count). The zero-order valence-electron chi connectivity index (χ0n) is 11.9. The molecule has 1 aliphatic carbocycles. The molecular weight excluding hydrogens is 242 g/mol. The van der Waals surface area contributed by atoms with E-state index in [2.05, 4.69) is 10.4 Å². The molecule has 106 valence electrons. The quantitative estimate of drug-likeness (QED) is 0.743. The number of nitrogens with zero attached hydrogens (tertiary/aromatic N) is 3. The Kier molecular flexibility index (Phi) is 4.09. The van der Waals surface area contributed by atoms with Gasteiger partial charge >= 0.3 is 0 Å². The highest BCUT2D eigenvalue weighted by atomic mass is 16.1. The van der Waals surface area contributed by atoms with Crippen LogP contribution in [0.3, 0.4) is 0 Å². The number of primary amides is 1. The predicted octanol–water partition coefficient (Wildman–Crippen LogP) is 0.292. The summed E-state index contributed by atoms with van der Waals surface area (Å²) >= 11 is 0. The summed E-state index contributed by atoms with van der Waals surface area (Å²) in [5, 5.41) is 7.97. The molecule has 0 bridgehead atoms. The average Bonchev–Trinajstić information content (AvgIpc) is 3.11. The van der Waals surface area contributed by atoms with Gasteiger partial charge in [0.05, 0.1) is 12.2 Å². The number of hydrogen-bond donors (Lipinski definition) is 2. The third-order valence-electron chi connectivity index (χ3n) is 3.49. The summed E-state index contributed by atoms with van der Waals surface area (Å²) in [7, 11) is 1.91. The normalized spacial score (nSPS) is 14.7. The summed E-state index contributed by atoms with van der Waals surface area (Å²) in [6.45, 7) is 5.79. The van der Waals surface area contributed by atoms with E-state index in [-0.39, 0.29) is 12.5 Å². The lowest BCUT2D eigenvalue weighted by Gasteiger charge is -2.23. The first-order valence-electron chi connectivity index (χ1n) is 6.82. The molecule has 0 unspecified atom stereocenters. The van der Waals surface area contributed by atoms with Gasteiger partial charge in [-0.3, -0.25) is 9.48 Å². The van der Waals surface area contributed by atoms with Crippen molar-refractivity contribution in [3.63, 3.8) is 0 Å². The van der Waals surface area contributed by atoms with Crippen LogP contribution in [0.4, 0.5) is 5.82 Å². The van der Waals surface area contributed by atoms with Crippen LogP contribution in [0.2, 0.25) is 0 Å². The number of anilines is 1. The predicted molar refractivity (Wildman–Crippen MR) is 74.9 cm³/mol. The SMILES string of the molecule is CCN(CC(N)=O)c1c(CNC2CC2)c(C)nn1C. The van der Waals surface area contributed by atoms with E-state index in [0.717, 1.165) is 30.2 Å². The molecule has 6 nitrogen and oxygen atoms in total. The van der Waals surface area contributed by atoms with Crippen molar-refractivity contribution >= 4 is 11.7 Å². The number of rotatable bonds is 7. The minimum atomic E-state index is -0.318. The second-order valence-corrected chi connectivity index (χ2v) is 5.15. The molecule has 19 heavy (non-hydrogen) atoms. The van der Waals surface area contributed by atoms with E-state index in [9.17, 15) is 4.79 Å². The van der Waals surface area contributed by atoms with Crippen molar-refractivity contribution < 1.29 is 4.79 Å². The van der Waals surface area contributed by atoms with Gasteiger partial charge in [0.2, 0.25) is 5.91 Å². The van der Waals surface area contributed by atoms with E-state index in [1.54, 1.807) is 0 Å². The van der Waals surface area contributed by atoms with E-state index in [1.165, 1.54) is 12.8 Å². The Bertz CT molecular complexity index is 464. The molecular formula is C13H23N5O. The number of hydrogen-bond acceptors (Lipinski definition) is 4. The number of nitrogens with two attached hydrogens (primary N) is 1. The number of amides is 1. The molecule has 0 spiro atoms. The molecule has 6 heteroatoms. The molecule has 1 aromatic heterocycles. The van der Waals surface area contributed by atoms with Gasteiger partial charge in [0.25, 0.3) is 0 Å². The van der Waals surface area contributed by atoms with Gasteiger partial charge in [-0.15, -0.1) is 0 Å². The highest BCUT2D eigenvalue weighted by molar-refractivity contribution is 5.79. The summed E-state index contributed by atoms with van der Waals surface area (Å²) in [4.78, 5) is 13.2. The average molecular weight is 265 g/mol. The van der Waals surface area contributed by atoms with Crippen LogP contribution < -0.4 is 16.0 Å². The number of carbonyl (C=O) groups is 1. The second-order valence-electron chi connectivity index (χ2n) is 5.15. The van der Waals surface area contributed by atoms with Crippen molar-refractivity contribution in [1.82, 2.24) is 15.1 Å². The summed E-state index contributed by atoms with van der Waals surface area (Å²) in [6, 6.07) is 0.652. The second kappa shape index (κ2) is 5.61. The smallest absolute Gasteiger partial charge is 0.236 e. The summed E-state index contributed by atoms with van der Waals surface area (Å²) in [5.74, 6) is 0.675. The topological polar surface area (TPSA) is 76.2 Å². The molecule has 0 radical (unpaired) electrons. The van der Waals surface area contributed by atoms with Gasteiger partial charge < -0.3 is 16.0 Å². The third-order valence-corrected chi connectivity index (χ3v) is 3.49. The zero-order chi connectivity index (χ0) is 14.0. The Morgan fingerprint density at radius 2 is 2.26 bits per heavy atom. The molecule has 1 amide bonds. The van der Waals surface area contributed by atoms with Gasteiger partial charge in [-0.1, -0.05) is 0 Å². The first-order chi connectivity index (χ1) is 9.02. The van der Waals surface area contributed by atoms with Crippen LogP contribution in [-0.4, -0.2) is 34.8 Å². The number of carbonyl (C=O) groups excluding carboxylic acids is 1. The van der Waals surface area contributed by atoms with Crippen LogP contribution >= 0.6 is 0 Å². The van der Waals surface area contributed by atoms with Crippen molar-refractivity contribution in [2.45, 2.75) is 39.3 Å². The molecule has 0 aromatic carbocycles. The maximum absolute atomic E-state index is 11.2. The Balaban J connectivity index is 2.21. The van der Waals surface area contributed by atoms with Crippen LogP contribution in [0.1, 0.15) is 31.0 Å². The number of likely N-dealkylation sites (N-methyl/N-ethyl adjacent to an activating group) is 1. The Morgan fingerprint density at radius 1 is 1.58 bits per heavy atom. The van der Waals surface area contributed by atoms with E-state index in [1.807, 2.05) is 30.5 Å². The van der Waals surface area contributed by atoms with Gasteiger partial charge in [0.1, 0.15) is 5.82 Å². The fourth-order valence-electron chi connectivity index (χ4n) is 2.35. The molecule has 1 heterocycles. The largest absolute Gasteiger partial charge is 0.368 e. The first-order valence-corrected chi connectivity index (χ1v) is 6.82. The van der Waals surface area contributed by atoms with Crippen molar-refractivity contribution in [3.8, 4) is 0 Å². The molecule has 0 saturated heterocycles. The Labute approximate surface area is 113 Å². The van der Waals surface area contributed by atoms with Crippen LogP contribution in [0.25, 0.3) is 0 Å². The van der Waals surface area contributed by atoms with Crippen molar-refractivity contribution in [1.29, 1.82) is 0 Å². The molecule has 0 atom stereocenters. The lowest BCUT2D eigenvalue weighted by Crippen LogP contribution is -2.35. The van der Waals surface area contributed by atoms with Crippen molar-refractivity contribution in [2.75, 3.05) is 18.0 Å². The van der Waals surface area contributed by atoms with E-state index < -0.39 is 0 Å². The number of aromatic nitrogens is 2. The lowest BCUT2D eigenvalue weighted by atomic mass is 10.2. The summed E-state index contributed by atoms with van der Waals surface area (Å²) in [6.07, 6.45) is 2.51. The molecule has 1 aliphatic rings. The summed E-state index contributed by atoms with van der Waals surface area (Å²) in [5.41, 5.74) is 7.49. The van der Waals surface area contributed by atoms with E-state index in [0.29, 0.717) is 6.04 Å². The molecule has 1 aromatic rings. The van der Waals surface area contributed by atoms with Gasteiger partial charge in [0, 0.05) is 31.7 Å². The van der Waals surface area contributed by atoms with Crippen LogP contribution in [-0.2, 0) is 18.4 Å². The summed E-state index contributed by atoms with van der Waals surface area (Å²) < 4.78 is 1.84. The monoisotopic (exact) mass is 265 g/mol. The first kappa shape index (κ1) is 13.9. The number of aryl methyl sites for hydroxylation is 2. The van der Waals surface area contributed by atoms with Gasteiger partial charge in [-0.05, 0) is 26.7 Å². The van der Waals surface area contributed by atoms with Crippen molar-refractivity contribution in [3.05, 3.63) is 11.3 Å². The van der Waals surface area contributed by atoms with Crippen LogP contribution in [0.5, 0.6) is 0 Å². The minimum Gasteiger partial charge on any atom is -0.368 e. The maximum atomic E-state index is 11.2. The highest BCUT2D eigenvalue weighted by Gasteiger charge is 2.24. The molecule has 1 saturated carbocycles. The third kappa shape index (κ3) is 3.26. The van der Waals surface area contributed by atoms with Crippen molar-refractivity contribution in [2.24, 2.45) is 12.8 Å². The van der Waals surface area contributed by atoms with Crippen LogP contribution in [0, 0.1) is 6.92 Å². The Morgan fingerprint density at radius 3 is 2.79 bits per heavy atom. The fraction of sp³-hybridized carbons (Fsp3) is 0.692. The lowest BCUT2D eigenvalue weighted by molar-refractivity contribution is -0.116. The fourth-order valence-corrected chi connectivity index (χ4v) is 2.35. The van der Waals surface area contributed by atoms with Gasteiger partial charge in [0.15, 0.2) is 0 Å². The highest BCUT2D eigenvalue weighted by Crippen LogP contribution is 2.25. The zero-order valence-corrected chi connectivity index (χ0v) is 11.9.